The monoisotopic (exact) mass is 285 g/mol. The van der Waals surface area contributed by atoms with Crippen LogP contribution in [0.4, 0.5) is 5.69 Å². The van der Waals surface area contributed by atoms with Crippen molar-refractivity contribution < 1.29 is 0 Å². The molecule has 0 saturated heterocycles. The molecule has 1 heterocycles. The van der Waals surface area contributed by atoms with Crippen molar-refractivity contribution >= 4 is 28.3 Å². The summed E-state index contributed by atoms with van der Waals surface area (Å²) in [5, 5.41) is 4.24. The minimum Gasteiger partial charge on any atom is -0.378 e. The number of imidazole rings is 1. The van der Waals surface area contributed by atoms with Gasteiger partial charge in [-0.05, 0) is 49.7 Å². The second kappa shape index (κ2) is 5.17. The summed E-state index contributed by atoms with van der Waals surface area (Å²) in [4.78, 5) is 7.65. The van der Waals surface area contributed by atoms with Crippen molar-refractivity contribution in [3.05, 3.63) is 58.9 Å². The van der Waals surface area contributed by atoms with E-state index >= 15 is 0 Å². The summed E-state index contributed by atoms with van der Waals surface area (Å²) >= 11 is 6.03. The van der Waals surface area contributed by atoms with Gasteiger partial charge in [0.1, 0.15) is 5.82 Å². The van der Waals surface area contributed by atoms with Crippen LogP contribution >= 0.6 is 11.6 Å². The molecule has 3 rings (SSSR count). The Hall–Kier alpha value is -2.00. The van der Waals surface area contributed by atoms with Gasteiger partial charge in [0.2, 0.25) is 0 Å². The standard InChI is InChI=1S/C16H16ClN3/c1-10(12-4-3-5-13(17)8-12)18-14-6-7-15-16(9-14)20-11(2)19-15/h3-10,18H,1-2H3,(H,19,20). The highest BCUT2D eigenvalue weighted by Gasteiger charge is 2.07. The van der Waals surface area contributed by atoms with Gasteiger partial charge in [0.05, 0.1) is 11.0 Å². The molecule has 0 radical (unpaired) electrons. The Kier molecular flexibility index (Phi) is 3.36. The summed E-state index contributed by atoms with van der Waals surface area (Å²) in [6.07, 6.45) is 0. The molecule has 3 nitrogen and oxygen atoms in total. The van der Waals surface area contributed by atoms with Crippen LogP contribution in [-0.4, -0.2) is 9.97 Å². The topological polar surface area (TPSA) is 40.7 Å². The maximum Gasteiger partial charge on any atom is 0.104 e. The van der Waals surface area contributed by atoms with Gasteiger partial charge in [0, 0.05) is 16.8 Å². The molecule has 4 heteroatoms. The average Bonchev–Trinajstić information content (AvgIpc) is 2.78. The third-order valence-electron chi connectivity index (χ3n) is 3.33. The molecule has 0 bridgehead atoms. The Morgan fingerprint density at radius 2 is 2.05 bits per heavy atom. The lowest BCUT2D eigenvalue weighted by molar-refractivity contribution is 0.885. The Balaban J connectivity index is 1.85. The fourth-order valence-electron chi connectivity index (χ4n) is 2.34. The normalized spacial score (nSPS) is 12.6. The maximum atomic E-state index is 6.03. The van der Waals surface area contributed by atoms with Crippen molar-refractivity contribution in [1.29, 1.82) is 0 Å². The number of rotatable bonds is 3. The van der Waals surface area contributed by atoms with E-state index in [9.17, 15) is 0 Å². The molecule has 1 aromatic heterocycles. The van der Waals surface area contributed by atoms with Crippen molar-refractivity contribution in [3.63, 3.8) is 0 Å². The number of halogens is 1. The highest BCUT2D eigenvalue weighted by Crippen LogP contribution is 2.24. The number of aryl methyl sites for hydroxylation is 1. The molecule has 2 aromatic carbocycles. The third kappa shape index (κ3) is 2.63. The van der Waals surface area contributed by atoms with Crippen LogP contribution in [0.3, 0.4) is 0 Å². The van der Waals surface area contributed by atoms with Crippen LogP contribution in [-0.2, 0) is 0 Å². The molecular formula is C16H16ClN3. The summed E-state index contributed by atoms with van der Waals surface area (Å²) in [5.41, 5.74) is 4.27. The summed E-state index contributed by atoms with van der Waals surface area (Å²) in [6, 6.07) is 14.2. The van der Waals surface area contributed by atoms with E-state index in [-0.39, 0.29) is 6.04 Å². The number of fused-ring (bicyclic) bond motifs is 1. The zero-order valence-corrected chi connectivity index (χ0v) is 12.2. The molecule has 1 unspecified atom stereocenters. The zero-order valence-electron chi connectivity index (χ0n) is 11.4. The first-order valence-corrected chi connectivity index (χ1v) is 6.98. The van der Waals surface area contributed by atoms with Crippen LogP contribution in [0, 0.1) is 6.92 Å². The highest BCUT2D eigenvalue weighted by atomic mass is 35.5. The highest BCUT2D eigenvalue weighted by molar-refractivity contribution is 6.30. The Morgan fingerprint density at radius 3 is 2.85 bits per heavy atom. The summed E-state index contributed by atoms with van der Waals surface area (Å²) in [5.74, 6) is 0.931. The number of hydrogen-bond acceptors (Lipinski definition) is 2. The molecule has 102 valence electrons. The lowest BCUT2D eigenvalue weighted by Crippen LogP contribution is -2.06. The Morgan fingerprint density at radius 1 is 1.20 bits per heavy atom. The van der Waals surface area contributed by atoms with E-state index < -0.39 is 0 Å². The Labute approximate surface area is 123 Å². The number of nitrogens with one attached hydrogen (secondary N) is 2. The van der Waals surface area contributed by atoms with Gasteiger partial charge in [-0.2, -0.15) is 0 Å². The second-order valence-corrected chi connectivity index (χ2v) is 5.41. The van der Waals surface area contributed by atoms with Gasteiger partial charge in [-0.15, -0.1) is 0 Å². The molecule has 1 atom stereocenters. The SMILES string of the molecule is Cc1nc2ccc(NC(C)c3cccc(Cl)c3)cc2[nH]1. The lowest BCUT2D eigenvalue weighted by atomic mass is 10.1. The maximum absolute atomic E-state index is 6.03. The van der Waals surface area contributed by atoms with E-state index in [4.69, 9.17) is 11.6 Å². The van der Waals surface area contributed by atoms with Gasteiger partial charge in [-0.25, -0.2) is 4.98 Å². The van der Waals surface area contributed by atoms with Gasteiger partial charge in [0.15, 0.2) is 0 Å². The zero-order chi connectivity index (χ0) is 14.1. The number of aromatic amines is 1. The lowest BCUT2D eigenvalue weighted by Gasteiger charge is -2.16. The number of nitrogens with zero attached hydrogens (tertiary/aromatic N) is 1. The smallest absolute Gasteiger partial charge is 0.104 e. The minimum absolute atomic E-state index is 0.190. The molecular weight excluding hydrogens is 270 g/mol. The molecule has 0 aliphatic heterocycles. The molecule has 0 saturated carbocycles. The largest absolute Gasteiger partial charge is 0.378 e. The van der Waals surface area contributed by atoms with Gasteiger partial charge in [0.25, 0.3) is 0 Å². The first-order chi connectivity index (χ1) is 9.61. The van der Waals surface area contributed by atoms with Crippen molar-refractivity contribution in [2.45, 2.75) is 19.9 Å². The number of hydrogen-bond donors (Lipinski definition) is 2. The van der Waals surface area contributed by atoms with Gasteiger partial charge >= 0.3 is 0 Å². The molecule has 0 fully saturated rings. The van der Waals surface area contributed by atoms with E-state index in [0.717, 1.165) is 27.6 Å². The number of anilines is 1. The van der Waals surface area contributed by atoms with Crippen LogP contribution < -0.4 is 5.32 Å². The molecule has 2 N–H and O–H groups in total. The fourth-order valence-corrected chi connectivity index (χ4v) is 2.53. The quantitative estimate of drug-likeness (QED) is 0.732. The first-order valence-electron chi connectivity index (χ1n) is 6.60. The van der Waals surface area contributed by atoms with Crippen LogP contribution in [0.2, 0.25) is 5.02 Å². The second-order valence-electron chi connectivity index (χ2n) is 4.98. The van der Waals surface area contributed by atoms with Gasteiger partial charge in [-0.3, -0.25) is 0 Å². The van der Waals surface area contributed by atoms with E-state index in [1.807, 2.05) is 37.3 Å². The average molecular weight is 286 g/mol. The van der Waals surface area contributed by atoms with E-state index in [1.165, 1.54) is 5.56 Å². The van der Waals surface area contributed by atoms with Crippen molar-refractivity contribution in [1.82, 2.24) is 9.97 Å². The number of aromatic nitrogens is 2. The predicted molar refractivity (Wildman–Crippen MR) is 84.3 cm³/mol. The first kappa shape index (κ1) is 13.0. The number of H-pyrrole nitrogens is 1. The minimum atomic E-state index is 0.190. The van der Waals surface area contributed by atoms with Gasteiger partial charge in [-0.1, -0.05) is 23.7 Å². The van der Waals surface area contributed by atoms with Crippen molar-refractivity contribution in [2.75, 3.05) is 5.32 Å². The molecule has 20 heavy (non-hydrogen) atoms. The molecule has 0 spiro atoms. The van der Waals surface area contributed by atoms with Crippen LogP contribution in [0.1, 0.15) is 24.4 Å². The summed E-state index contributed by atoms with van der Waals surface area (Å²) in [6.45, 7) is 4.08. The van der Waals surface area contributed by atoms with Crippen LogP contribution in [0.25, 0.3) is 11.0 Å². The predicted octanol–water partition coefficient (Wildman–Crippen LogP) is 4.70. The molecule has 3 aromatic rings. The van der Waals surface area contributed by atoms with Crippen LogP contribution in [0.5, 0.6) is 0 Å². The van der Waals surface area contributed by atoms with Crippen molar-refractivity contribution in [3.8, 4) is 0 Å². The van der Waals surface area contributed by atoms with Crippen LogP contribution in [0.15, 0.2) is 42.5 Å². The van der Waals surface area contributed by atoms with Crippen molar-refractivity contribution in [2.24, 2.45) is 0 Å². The molecule has 0 amide bonds. The Bertz CT molecular complexity index is 748. The molecule has 0 aliphatic carbocycles. The summed E-state index contributed by atoms with van der Waals surface area (Å²) in [7, 11) is 0. The third-order valence-corrected chi connectivity index (χ3v) is 3.57. The van der Waals surface area contributed by atoms with E-state index in [0.29, 0.717) is 0 Å². The van der Waals surface area contributed by atoms with Gasteiger partial charge < -0.3 is 10.3 Å². The molecule has 0 aliphatic rings. The van der Waals surface area contributed by atoms with E-state index in [1.54, 1.807) is 0 Å². The van der Waals surface area contributed by atoms with E-state index in [2.05, 4.69) is 34.3 Å². The fraction of sp³-hybridized carbons (Fsp3) is 0.188. The number of benzene rings is 2. The summed E-state index contributed by atoms with van der Waals surface area (Å²) < 4.78 is 0.